The van der Waals surface area contributed by atoms with E-state index in [9.17, 15) is 0 Å². The lowest BCUT2D eigenvalue weighted by molar-refractivity contribution is -0.656. The van der Waals surface area contributed by atoms with Crippen LogP contribution in [0, 0.1) is 0 Å². The molecule has 0 radical (unpaired) electrons. The monoisotopic (exact) mass is 235 g/mol. The van der Waals surface area contributed by atoms with Crippen molar-refractivity contribution in [2.75, 3.05) is 5.73 Å². The number of aryl methyl sites for hydroxylation is 1. The van der Waals surface area contributed by atoms with Crippen molar-refractivity contribution in [2.24, 2.45) is 7.05 Å². The maximum atomic E-state index is 5.97. The minimum atomic E-state index is -0.327. The van der Waals surface area contributed by atoms with Crippen LogP contribution in [-0.4, -0.2) is 18.3 Å². The smallest absolute Gasteiger partial charge is 0.399 e. The first-order chi connectivity index (χ1) is 7.73. The van der Waals surface area contributed by atoms with Crippen LogP contribution in [0.5, 0.6) is 0 Å². The van der Waals surface area contributed by atoms with E-state index in [2.05, 4.69) is 0 Å². The Morgan fingerprint density at radius 2 is 1.65 bits per heavy atom. The normalized spacial score (nSPS) is 21.8. The Labute approximate surface area is 103 Å². The molecule has 0 bridgehead atoms. The van der Waals surface area contributed by atoms with E-state index in [-0.39, 0.29) is 18.3 Å². The van der Waals surface area contributed by atoms with Crippen molar-refractivity contribution >= 4 is 18.4 Å². The van der Waals surface area contributed by atoms with Crippen molar-refractivity contribution in [3.8, 4) is 0 Å². The lowest BCUT2D eigenvalue weighted by atomic mass is 9.80. The average molecular weight is 235 g/mol. The third kappa shape index (κ3) is 2.05. The van der Waals surface area contributed by atoms with Gasteiger partial charge in [0.1, 0.15) is 0 Å². The van der Waals surface area contributed by atoms with Gasteiger partial charge in [-0.2, -0.15) is 0 Å². The number of hydrogen-bond acceptors (Lipinski definition) is 3. The van der Waals surface area contributed by atoms with Crippen LogP contribution >= 0.6 is 0 Å². The molecule has 1 fully saturated rings. The van der Waals surface area contributed by atoms with Gasteiger partial charge in [-0.05, 0) is 27.7 Å². The van der Waals surface area contributed by atoms with Crippen LogP contribution in [-0.2, 0) is 16.4 Å². The van der Waals surface area contributed by atoms with Gasteiger partial charge in [-0.3, -0.25) is 5.73 Å². The first-order valence-electron chi connectivity index (χ1n) is 5.84. The number of nitrogens with zero attached hydrogens (tertiary/aromatic N) is 1. The van der Waals surface area contributed by atoms with Gasteiger partial charge in [-0.1, -0.05) is 6.07 Å². The van der Waals surface area contributed by atoms with Crippen molar-refractivity contribution in [2.45, 2.75) is 38.9 Å². The lowest BCUT2D eigenvalue weighted by Crippen LogP contribution is -2.42. The van der Waals surface area contributed by atoms with E-state index in [4.69, 9.17) is 15.0 Å². The Bertz CT molecular complexity index is 430. The zero-order chi connectivity index (χ0) is 12.8. The second-order valence-electron chi connectivity index (χ2n) is 5.59. The van der Waals surface area contributed by atoms with Crippen LogP contribution in [0.15, 0.2) is 18.3 Å². The van der Waals surface area contributed by atoms with Gasteiger partial charge < -0.3 is 9.31 Å². The van der Waals surface area contributed by atoms with E-state index < -0.39 is 0 Å². The fourth-order valence-corrected chi connectivity index (χ4v) is 1.76. The summed E-state index contributed by atoms with van der Waals surface area (Å²) in [6, 6.07) is 3.80. The van der Waals surface area contributed by atoms with Gasteiger partial charge in [0.05, 0.1) is 24.4 Å². The van der Waals surface area contributed by atoms with Crippen LogP contribution in [0.25, 0.3) is 0 Å². The van der Waals surface area contributed by atoms with Crippen molar-refractivity contribution in [1.82, 2.24) is 0 Å². The summed E-state index contributed by atoms with van der Waals surface area (Å²) in [5, 5.41) is 0. The van der Waals surface area contributed by atoms with E-state index >= 15 is 0 Å². The molecular weight excluding hydrogens is 215 g/mol. The predicted octanol–water partition coefficient (Wildman–Crippen LogP) is 0.393. The van der Waals surface area contributed by atoms with E-state index in [1.807, 2.05) is 57.6 Å². The largest absolute Gasteiger partial charge is 0.498 e. The Kier molecular flexibility index (Phi) is 2.71. The Morgan fingerprint density at radius 3 is 2.12 bits per heavy atom. The number of rotatable bonds is 1. The van der Waals surface area contributed by atoms with Gasteiger partial charge in [-0.25, -0.2) is 4.57 Å². The molecule has 5 heteroatoms. The van der Waals surface area contributed by atoms with Gasteiger partial charge in [0, 0.05) is 11.5 Å². The molecule has 0 spiro atoms. The van der Waals surface area contributed by atoms with Crippen LogP contribution < -0.4 is 15.8 Å². The summed E-state index contributed by atoms with van der Waals surface area (Å²) in [7, 11) is 1.58. The molecule has 17 heavy (non-hydrogen) atoms. The topological polar surface area (TPSA) is 48.4 Å². The summed E-state index contributed by atoms with van der Waals surface area (Å²) >= 11 is 0. The number of anilines is 1. The fraction of sp³-hybridized carbons (Fsp3) is 0.583. The molecule has 0 atom stereocenters. The average Bonchev–Trinajstić information content (AvgIpc) is 2.41. The number of aromatic nitrogens is 1. The molecule has 0 aliphatic carbocycles. The highest BCUT2D eigenvalue weighted by molar-refractivity contribution is 6.61. The third-order valence-electron chi connectivity index (χ3n) is 3.72. The zero-order valence-electron chi connectivity index (χ0n) is 11.2. The summed E-state index contributed by atoms with van der Waals surface area (Å²) in [5.41, 5.74) is 6.15. The van der Waals surface area contributed by atoms with Crippen LogP contribution in [0.2, 0.25) is 0 Å². The number of hydrogen-bond donors (Lipinski definition) is 1. The Morgan fingerprint density at radius 1 is 1.12 bits per heavy atom. The summed E-state index contributed by atoms with van der Waals surface area (Å²) in [6.45, 7) is 8.18. The van der Waals surface area contributed by atoms with Gasteiger partial charge in [0.2, 0.25) is 0 Å². The van der Waals surface area contributed by atoms with Gasteiger partial charge in [-0.15, -0.1) is 0 Å². The maximum absolute atomic E-state index is 5.97. The second-order valence-corrected chi connectivity index (χ2v) is 5.59. The van der Waals surface area contributed by atoms with E-state index in [0.717, 1.165) is 5.46 Å². The SMILES string of the molecule is C[n+]1cc(B2OC(C)(C)C(C)(C)O2)ccc1N. The predicted molar refractivity (Wildman–Crippen MR) is 67.7 cm³/mol. The van der Waals surface area contributed by atoms with Crippen molar-refractivity contribution in [3.05, 3.63) is 18.3 Å². The van der Waals surface area contributed by atoms with Crippen molar-refractivity contribution in [3.63, 3.8) is 0 Å². The fourth-order valence-electron chi connectivity index (χ4n) is 1.76. The van der Waals surface area contributed by atoms with Gasteiger partial charge in [0.15, 0.2) is 0 Å². The minimum absolute atomic E-state index is 0.308. The molecule has 1 aromatic rings. The molecule has 2 N–H and O–H groups in total. The second kappa shape index (κ2) is 3.72. The van der Waals surface area contributed by atoms with Crippen LogP contribution in [0.4, 0.5) is 5.82 Å². The number of pyridine rings is 1. The van der Waals surface area contributed by atoms with Gasteiger partial charge in [0.25, 0.3) is 5.82 Å². The third-order valence-corrected chi connectivity index (χ3v) is 3.72. The molecule has 2 rings (SSSR count). The molecule has 1 saturated heterocycles. The van der Waals surface area contributed by atoms with Crippen molar-refractivity contribution in [1.29, 1.82) is 0 Å². The molecule has 0 aromatic carbocycles. The van der Waals surface area contributed by atoms with Crippen LogP contribution in [0.1, 0.15) is 27.7 Å². The Hall–Kier alpha value is -1.07. The molecule has 0 amide bonds. The minimum Gasteiger partial charge on any atom is -0.399 e. The molecule has 1 aliphatic rings. The summed E-state index contributed by atoms with van der Waals surface area (Å²) in [4.78, 5) is 0. The zero-order valence-corrected chi connectivity index (χ0v) is 11.2. The number of nitrogens with two attached hydrogens (primary N) is 1. The lowest BCUT2D eigenvalue weighted by Gasteiger charge is -2.32. The first kappa shape index (κ1) is 12.4. The quantitative estimate of drug-likeness (QED) is 0.566. The summed E-state index contributed by atoms with van der Waals surface area (Å²) < 4.78 is 13.8. The highest BCUT2D eigenvalue weighted by Gasteiger charge is 2.52. The molecular formula is C12H20BN2O2+. The molecule has 92 valence electrons. The van der Waals surface area contributed by atoms with E-state index in [1.165, 1.54) is 0 Å². The Balaban J connectivity index is 2.29. The molecule has 0 unspecified atom stereocenters. The molecule has 4 nitrogen and oxygen atoms in total. The summed E-state index contributed by atoms with van der Waals surface area (Å²) in [6.07, 6.45) is 1.94. The number of nitrogen functional groups attached to an aromatic ring is 1. The molecule has 0 saturated carbocycles. The molecule has 1 aliphatic heterocycles. The highest BCUT2D eigenvalue weighted by Crippen LogP contribution is 2.36. The highest BCUT2D eigenvalue weighted by atomic mass is 16.7. The first-order valence-corrected chi connectivity index (χ1v) is 5.84. The van der Waals surface area contributed by atoms with E-state index in [1.54, 1.807) is 0 Å². The standard InChI is InChI=1S/C12H19BN2O2/c1-11(2)12(3,4)17-13(16-11)9-6-7-10(14)15(5)8-9/h6-8,14H,1-5H3/p+1. The van der Waals surface area contributed by atoms with Crippen LogP contribution in [0.3, 0.4) is 0 Å². The molecule has 2 heterocycles. The summed E-state index contributed by atoms with van der Waals surface area (Å²) in [5.74, 6) is 0.713. The van der Waals surface area contributed by atoms with E-state index in [0.29, 0.717) is 5.82 Å². The van der Waals surface area contributed by atoms with Gasteiger partial charge >= 0.3 is 7.12 Å². The molecule has 1 aromatic heterocycles. The van der Waals surface area contributed by atoms with Crippen molar-refractivity contribution < 1.29 is 13.9 Å². The maximum Gasteiger partial charge on any atom is 0.498 e.